The summed E-state index contributed by atoms with van der Waals surface area (Å²) in [7, 11) is 0. The Bertz CT molecular complexity index is 549. The van der Waals surface area contributed by atoms with Crippen molar-refractivity contribution in [2.75, 3.05) is 0 Å². The molecule has 0 unspecified atom stereocenters. The smallest absolute Gasteiger partial charge is 0.411 e. The molecular weight excluding hydrogens is 256 g/mol. The van der Waals surface area contributed by atoms with Gasteiger partial charge in [0.1, 0.15) is 16.0 Å². The number of rotatable bonds is 5. The second-order valence-electron chi connectivity index (χ2n) is 2.75. The lowest BCUT2D eigenvalue weighted by Crippen LogP contribution is -2.20. The zero-order valence-corrected chi connectivity index (χ0v) is 8.20. The monoisotopic (exact) mass is 258 g/mol. The Labute approximate surface area is 95.5 Å². The molecule has 0 saturated heterocycles. The molecule has 2 aromatic rings. The van der Waals surface area contributed by atoms with Crippen molar-refractivity contribution in [2.24, 2.45) is 0 Å². The summed E-state index contributed by atoms with van der Waals surface area (Å²) in [5, 5.41) is 33.7. The van der Waals surface area contributed by atoms with Gasteiger partial charge in [0, 0.05) is 0 Å². The second-order valence-corrected chi connectivity index (χ2v) is 2.75. The van der Waals surface area contributed by atoms with E-state index in [1.165, 1.54) is 0 Å². The molecule has 2 heterocycles. The summed E-state index contributed by atoms with van der Waals surface area (Å²) in [6, 6.07) is 0. The molecule has 18 heavy (non-hydrogen) atoms. The Morgan fingerprint density at radius 1 is 1.17 bits per heavy atom. The first-order chi connectivity index (χ1) is 8.59. The maximum absolute atomic E-state index is 10.5. The van der Waals surface area contributed by atoms with Crippen LogP contribution in [-0.2, 0) is 0 Å². The molecule has 0 aliphatic carbocycles. The fraction of sp³-hybridized carbons (Fsp3) is 0.200. The number of nitro groups is 2. The van der Waals surface area contributed by atoms with E-state index in [0.717, 1.165) is 6.20 Å². The first-order valence-corrected chi connectivity index (χ1v) is 4.14. The zero-order valence-electron chi connectivity index (χ0n) is 8.20. The van der Waals surface area contributed by atoms with Gasteiger partial charge < -0.3 is 4.74 Å². The van der Waals surface area contributed by atoms with Crippen LogP contribution in [0.4, 0.5) is 0 Å². The minimum absolute atomic E-state index is 0.211. The quantitative estimate of drug-likeness (QED) is 0.394. The molecule has 0 spiro atoms. The molecule has 94 valence electrons. The van der Waals surface area contributed by atoms with E-state index in [9.17, 15) is 20.2 Å². The van der Waals surface area contributed by atoms with Crippen LogP contribution in [0.1, 0.15) is 11.9 Å². The van der Waals surface area contributed by atoms with E-state index in [1.54, 1.807) is 0 Å². The van der Waals surface area contributed by atoms with Crippen molar-refractivity contribution < 1.29 is 23.8 Å². The maximum atomic E-state index is 10.5. The van der Waals surface area contributed by atoms with E-state index in [-0.39, 0.29) is 5.88 Å². The molecule has 0 aliphatic heterocycles. The van der Waals surface area contributed by atoms with Crippen molar-refractivity contribution in [3.05, 3.63) is 32.1 Å². The van der Waals surface area contributed by atoms with Gasteiger partial charge in [-0.15, -0.1) is 0 Å². The fourth-order valence-electron chi connectivity index (χ4n) is 0.993. The summed E-state index contributed by atoms with van der Waals surface area (Å²) in [6.07, 6.45) is -1.34. The number of nitrogens with zero attached hydrogens (tertiary/aromatic N) is 6. The highest BCUT2D eigenvalue weighted by Gasteiger charge is 2.43. The molecule has 0 N–H and O–H groups in total. The van der Waals surface area contributed by atoms with Crippen LogP contribution in [0, 0.1) is 20.2 Å². The lowest BCUT2D eigenvalue weighted by molar-refractivity contribution is -0.753. The van der Waals surface area contributed by atoms with E-state index in [4.69, 9.17) is 4.74 Å². The molecule has 0 saturated carbocycles. The van der Waals surface area contributed by atoms with Crippen LogP contribution >= 0.6 is 0 Å². The molecule has 2 aromatic heterocycles. The van der Waals surface area contributed by atoms with Gasteiger partial charge in [-0.2, -0.15) is 0 Å². The minimum Gasteiger partial charge on any atom is -0.411 e. The molecule has 0 bridgehead atoms. The van der Waals surface area contributed by atoms with Crippen molar-refractivity contribution in [1.29, 1.82) is 0 Å². The molecule has 13 nitrogen and oxygen atoms in total. The van der Waals surface area contributed by atoms with Gasteiger partial charge in [0.05, 0.1) is 0 Å². The highest BCUT2D eigenvalue weighted by atomic mass is 16.7. The number of hydrogen-bond donors (Lipinski definition) is 0. The first kappa shape index (κ1) is 11.4. The van der Waals surface area contributed by atoms with Crippen LogP contribution in [0.25, 0.3) is 0 Å². The third-order valence-electron chi connectivity index (χ3n) is 1.67. The van der Waals surface area contributed by atoms with Gasteiger partial charge in [0.15, 0.2) is 0 Å². The van der Waals surface area contributed by atoms with Crippen molar-refractivity contribution in [1.82, 2.24) is 20.6 Å². The molecule has 0 atom stereocenters. The van der Waals surface area contributed by atoms with Gasteiger partial charge >= 0.3 is 12.0 Å². The van der Waals surface area contributed by atoms with Crippen molar-refractivity contribution in [3.8, 4) is 11.8 Å². The average Bonchev–Trinajstić information content (AvgIpc) is 2.91. The Hall–Kier alpha value is -3.12. The Balaban J connectivity index is 2.31. The van der Waals surface area contributed by atoms with Crippen molar-refractivity contribution >= 4 is 0 Å². The Morgan fingerprint density at radius 3 is 2.44 bits per heavy atom. The van der Waals surface area contributed by atoms with Crippen LogP contribution in [-0.4, -0.2) is 30.5 Å². The van der Waals surface area contributed by atoms with E-state index in [0.29, 0.717) is 0 Å². The van der Waals surface area contributed by atoms with Gasteiger partial charge in [0.25, 0.3) is 11.6 Å². The number of hydrogen-bond acceptors (Lipinski definition) is 11. The minimum atomic E-state index is -2.36. The molecule has 13 heteroatoms. The summed E-state index contributed by atoms with van der Waals surface area (Å²) in [5.41, 5.74) is -0.701. The van der Waals surface area contributed by atoms with E-state index in [2.05, 4.69) is 29.9 Å². The van der Waals surface area contributed by atoms with Crippen LogP contribution < -0.4 is 4.74 Å². The largest absolute Gasteiger partial charge is 0.501 e. The average molecular weight is 258 g/mol. The Morgan fingerprint density at radius 2 is 1.89 bits per heavy atom. The zero-order chi connectivity index (χ0) is 13.1. The van der Waals surface area contributed by atoms with Gasteiger partial charge in [-0.1, -0.05) is 5.16 Å². The molecule has 0 aliphatic rings. The lowest BCUT2D eigenvalue weighted by atomic mass is 10.4. The Kier molecular flexibility index (Phi) is 2.78. The predicted molar refractivity (Wildman–Crippen MR) is 45.4 cm³/mol. The molecule has 0 amide bonds. The number of ether oxygens (including phenoxy) is 1. The van der Waals surface area contributed by atoms with Crippen molar-refractivity contribution in [2.45, 2.75) is 6.17 Å². The van der Waals surface area contributed by atoms with Crippen LogP contribution in [0.15, 0.2) is 15.5 Å². The van der Waals surface area contributed by atoms with Crippen LogP contribution in [0.5, 0.6) is 11.8 Å². The standard InChI is InChI=1S/C5H2N6O7/c12-10(13)5(11(14)15)3-4(9-18-8-3)16-2-1-6-17-7-2/h1,5H. The highest BCUT2D eigenvalue weighted by molar-refractivity contribution is 5.20. The normalized spacial score (nSPS) is 10.5. The summed E-state index contributed by atoms with van der Waals surface area (Å²) < 4.78 is 13.2. The highest BCUT2D eigenvalue weighted by Crippen LogP contribution is 2.26. The third kappa shape index (κ3) is 2.04. The summed E-state index contributed by atoms with van der Waals surface area (Å²) in [4.78, 5) is 18.7. The van der Waals surface area contributed by atoms with Crippen LogP contribution in [0.2, 0.25) is 0 Å². The van der Waals surface area contributed by atoms with E-state index in [1.807, 2.05) is 0 Å². The van der Waals surface area contributed by atoms with Gasteiger partial charge in [-0.25, -0.2) is 9.26 Å². The summed E-state index contributed by atoms with van der Waals surface area (Å²) in [5.74, 6) is -0.776. The molecule has 0 fully saturated rings. The first-order valence-electron chi connectivity index (χ1n) is 4.14. The van der Waals surface area contributed by atoms with Gasteiger partial charge in [0.2, 0.25) is 0 Å². The molecule has 0 radical (unpaired) electrons. The van der Waals surface area contributed by atoms with Crippen molar-refractivity contribution in [3.63, 3.8) is 0 Å². The molecule has 2 rings (SSSR count). The molecular formula is C5H2N6O7. The fourth-order valence-corrected chi connectivity index (χ4v) is 0.993. The van der Waals surface area contributed by atoms with E-state index >= 15 is 0 Å². The topological polar surface area (TPSA) is 173 Å². The number of aromatic nitrogens is 4. The van der Waals surface area contributed by atoms with Gasteiger partial charge in [-0.05, 0) is 15.5 Å². The third-order valence-corrected chi connectivity index (χ3v) is 1.67. The lowest BCUT2D eigenvalue weighted by Gasteiger charge is -1.99. The van der Waals surface area contributed by atoms with Gasteiger partial charge in [-0.3, -0.25) is 20.2 Å². The molecule has 0 aromatic carbocycles. The second kappa shape index (κ2) is 4.40. The predicted octanol–water partition coefficient (Wildman–Crippen LogP) is -0.203. The van der Waals surface area contributed by atoms with E-state index < -0.39 is 27.6 Å². The summed E-state index contributed by atoms with van der Waals surface area (Å²) in [6.45, 7) is 0. The maximum Gasteiger partial charge on any atom is 0.501 e. The SMILES string of the molecule is O=[N+]([O-])C(c1nonc1Oc1cnon1)[N+](=O)[O-]. The summed E-state index contributed by atoms with van der Waals surface area (Å²) >= 11 is 0. The van der Waals surface area contributed by atoms with Crippen LogP contribution in [0.3, 0.4) is 0 Å².